The number of fused-ring (bicyclic) bond motifs is 1. The van der Waals surface area contributed by atoms with Gasteiger partial charge in [-0.15, -0.1) is 0 Å². The van der Waals surface area contributed by atoms with Gasteiger partial charge in [0.15, 0.2) is 5.65 Å². The zero-order valence-electron chi connectivity index (χ0n) is 7.68. The van der Waals surface area contributed by atoms with E-state index in [1.54, 1.807) is 10.6 Å². The van der Waals surface area contributed by atoms with Gasteiger partial charge in [0.25, 0.3) is 0 Å². The van der Waals surface area contributed by atoms with Gasteiger partial charge in [0, 0.05) is 0 Å². The number of aromatic nitrogens is 3. The van der Waals surface area contributed by atoms with E-state index in [2.05, 4.69) is 9.97 Å². The standard InChI is InChI=1S/C10H7FN4/c11-8-5-4-7-9(14-8)15(10(12)13-7)6-2-1-3-6/h1-5H,(H2,12,13). The minimum atomic E-state index is -0.535. The number of hydrogen-bond donors (Lipinski definition) is 1. The van der Waals surface area contributed by atoms with E-state index < -0.39 is 5.95 Å². The molecule has 5 heteroatoms. The van der Waals surface area contributed by atoms with Crippen LogP contribution in [0.15, 0.2) is 30.4 Å². The molecule has 74 valence electrons. The number of halogens is 1. The van der Waals surface area contributed by atoms with E-state index >= 15 is 0 Å². The smallest absolute Gasteiger partial charge is 0.214 e. The van der Waals surface area contributed by atoms with Crippen molar-refractivity contribution in [2.75, 3.05) is 5.73 Å². The second kappa shape index (κ2) is 2.66. The predicted molar refractivity (Wildman–Crippen MR) is 55.3 cm³/mol. The van der Waals surface area contributed by atoms with E-state index in [1.165, 1.54) is 6.07 Å². The van der Waals surface area contributed by atoms with E-state index in [9.17, 15) is 4.39 Å². The summed E-state index contributed by atoms with van der Waals surface area (Å²) >= 11 is 0. The van der Waals surface area contributed by atoms with Crippen molar-refractivity contribution < 1.29 is 4.39 Å². The third kappa shape index (κ3) is 1.06. The fourth-order valence-electron chi connectivity index (χ4n) is 1.54. The molecule has 0 radical (unpaired) electrons. The first-order valence-corrected chi connectivity index (χ1v) is 4.45. The maximum absolute atomic E-state index is 13.0. The molecular weight excluding hydrogens is 195 g/mol. The summed E-state index contributed by atoms with van der Waals surface area (Å²) in [5.41, 5.74) is 7.64. The van der Waals surface area contributed by atoms with Gasteiger partial charge in [0.2, 0.25) is 11.9 Å². The molecule has 2 heterocycles. The molecule has 2 aromatic heterocycles. The number of rotatable bonds is 1. The summed E-state index contributed by atoms with van der Waals surface area (Å²) in [6.07, 6.45) is 5.61. The van der Waals surface area contributed by atoms with Crippen LogP contribution in [0.1, 0.15) is 0 Å². The Morgan fingerprint density at radius 1 is 1.27 bits per heavy atom. The SMILES string of the molecule is Nc1nc2ccc(F)nc2n1C1=CC=C1. The van der Waals surface area contributed by atoms with Crippen molar-refractivity contribution in [3.05, 3.63) is 36.3 Å². The quantitative estimate of drug-likeness (QED) is 0.714. The lowest BCUT2D eigenvalue weighted by Gasteiger charge is -2.10. The molecule has 0 spiro atoms. The average Bonchev–Trinajstić information content (AvgIpc) is 2.42. The van der Waals surface area contributed by atoms with E-state index in [1.807, 2.05) is 18.2 Å². The Hall–Kier alpha value is -2.17. The number of hydrogen-bond acceptors (Lipinski definition) is 3. The molecule has 0 fully saturated rings. The number of anilines is 1. The second-order valence-electron chi connectivity index (χ2n) is 3.23. The zero-order chi connectivity index (χ0) is 10.4. The Kier molecular flexibility index (Phi) is 1.45. The van der Waals surface area contributed by atoms with E-state index in [0.717, 1.165) is 5.70 Å². The van der Waals surface area contributed by atoms with Crippen molar-refractivity contribution in [2.24, 2.45) is 0 Å². The number of nitrogens with zero attached hydrogens (tertiary/aromatic N) is 3. The average molecular weight is 202 g/mol. The molecule has 0 saturated heterocycles. The summed E-state index contributed by atoms with van der Waals surface area (Å²) in [5.74, 6) is -0.216. The summed E-state index contributed by atoms with van der Waals surface area (Å²) in [6.45, 7) is 0. The minimum absolute atomic E-state index is 0.318. The molecule has 0 saturated carbocycles. The van der Waals surface area contributed by atoms with Crippen LogP contribution in [0.5, 0.6) is 0 Å². The number of allylic oxidation sites excluding steroid dienone is 4. The Balaban J connectivity index is 2.35. The molecule has 1 aliphatic rings. The van der Waals surface area contributed by atoms with Gasteiger partial charge < -0.3 is 5.73 Å². The summed E-state index contributed by atoms with van der Waals surface area (Å²) in [4.78, 5) is 7.87. The number of pyridine rings is 1. The minimum Gasteiger partial charge on any atom is -0.369 e. The fraction of sp³-hybridized carbons (Fsp3) is 0. The molecule has 0 aliphatic heterocycles. The molecule has 15 heavy (non-hydrogen) atoms. The molecule has 0 amide bonds. The lowest BCUT2D eigenvalue weighted by molar-refractivity contribution is 0.587. The van der Waals surface area contributed by atoms with Gasteiger partial charge in [-0.3, -0.25) is 4.57 Å². The zero-order valence-corrected chi connectivity index (χ0v) is 7.68. The van der Waals surface area contributed by atoms with Crippen LogP contribution in [0, 0.1) is 5.95 Å². The Morgan fingerprint density at radius 3 is 2.73 bits per heavy atom. The maximum Gasteiger partial charge on any atom is 0.214 e. The summed E-state index contributed by atoms with van der Waals surface area (Å²) in [5, 5.41) is 0. The van der Waals surface area contributed by atoms with Crippen LogP contribution in [0.4, 0.5) is 10.3 Å². The monoisotopic (exact) mass is 202 g/mol. The van der Waals surface area contributed by atoms with Gasteiger partial charge in [-0.1, -0.05) is 6.08 Å². The topological polar surface area (TPSA) is 56.7 Å². The van der Waals surface area contributed by atoms with Gasteiger partial charge in [0.05, 0.1) is 5.70 Å². The molecule has 1 aliphatic carbocycles. The Labute approximate surface area is 84.6 Å². The second-order valence-corrected chi connectivity index (χ2v) is 3.23. The highest BCUT2D eigenvalue weighted by Gasteiger charge is 2.13. The van der Waals surface area contributed by atoms with Gasteiger partial charge in [-0.25, -0.2) is 4.98 Å². The highest BCUT2D eigenvalue weighted by molar-refractivity contribution is 5.83. The molecular formula is C10H7FN4. The highest BCUT2D eigenvalue weighted by atomic mass is 19.1. The van der Waals surface area contributed by atoms with E-state index in [4.69, 9.17) is 5.73 Å². The first-order chi connectivity index (χ1) is 7.25. The molecule has 0 aromatic carbocycles. The number of imidazole rings is 1. The Bertz CT molecular complexity index is 609. The normalized spacial score (nSPS) is 14.1. The molecule has 4 nitrogen and oxygen atoms in total. The van der Waals surface area contributed by atoms with E-state index in [0.29, 0.717) is 17.1 Å². The van der Waals surface area contributed by atoms with Gasteiger partial charge in [0.1, 0.15) is 5.52 Å². The van der Waals surface area contributed by atoms with Crippen molar-refractivity contribution in [3.8, 4) is 0 Å². The Morgan fingerprint density at radius 2 is 2.07 bits per heavy atom. The third-order valence-corrected chi connectivity index (χ3v) is 2.29. The van der Waals surface area contributed by atoms with Crippen LogP contribution in [0.3, 0.4) is 0 Å². The van der Waals surface area contributed by atoms with Crippen molar-refractivity contribution in [3.63, 3.8) is 0 Å². The molecule has 2 aromatic rings. The van der Waals surface area contributed by atoms with Gasteiger partial charge in [-0.2, -0.15) is 9.37 Å². The number of nitrogen functional groups attached to an aromatic ring is 1. The molecule has 0 atom stereocenters. The van der Waals surface area contributed by atoms with Crippen LogP contribution < -0.4 is 5.73 Å². The lowest BCUT2D eigenvalue weighted by Crippen LogP contribution is -2.04. The third-order valence-electron chi connectivity index (χ3n) is 2.29. The molecule has 3 rings (SSSR count). The summed E-state index contributed by atoms with van der Waals surface area (Å²) in [6, 6.07) is 2.83. The van der Waals surface area contributed by atoms with Gasteiger partial charge in [-0.05, 0) is 24.3 Å². The van der Waals surface area contributed by atoms with Crippen LogP contribution in [-0.4, -0.2) is 14.5 Å². The fourth-order valence-corrected chi connectivity index (χ4v) is 1.54. The van der Waals surface area contributed by atoms with Crippen LogP contribution >= 0.6 is 0 Å². The molecule has 2 N–H and O–H groups in total. The van der Waals surface area contributed by atoms with Crippen molar-refractivity contribution in [2.45, 2.75) is 0 Å². The first-order valence-electron chi connectivity index (χ1n) is 4.45. The number of nitrogens with two attached hydrogens (primary N) is 1. The van der Waals surface area contributed by atoms with Crippen molar-refractivity contribution in [1.29, 1.82) is 0 Å². The predicted octanol–water partition coefficient (Wildman–Crippen LogP) is 1.56. The van der Waals surface area contributed by atoms with Crippen molar-refractivity contribution >= 4 is 22.8 Å². The highest BCUT2D eigenvalue weighted by Crippen LogP contribution is 2.24. The van der Waals surface area contributed by atoms with Crippen LogP contribution in [0.25, 0.3) is 16.9 Å². The van der Waals surface area contributed by atoms with Crippen LogP contribution in [-0.2, 0) is 0 Å². The molecule has 0 bridgehead atoms. The summed E-state index contributed by atoms with van der Waals surface area (Å²) in [7, 11) is 0. The first kappa shape index (κ1) is 8.16. The maximum atomic E-state index is 13.0. The lowest BCUT2D eigenvalue weighted by atomic mass is 10.2. The van der Waals surface area contributed by atoms with Gasteiger partial charge >= 0.3 is 0 Å². The van der Waals surface area contributed by atoms with E-state index in [-0.39, 0.29) is 0 Å². The largest absolute Gasteiger partial charge is 0.369 e. The van der Waals surface area contributed by atoms with Crippen LogP contribution in [0.2, 0.25) is 0 Å². The van der Waals surface area contributed by atoms with Crippen molar-refractivity contribution in [1.82, 2.24) is 14.5 Å². The summed E-state index contributed by atoms with van der Waals surface area (Å²) < 4.78 is 14.6. The molecule has 0 unspecified atom stereocenters.